The van der Waals surface area contributed by atoms with Crippen molar-refractivity contribution in [2.45, 2.75) is 57.5 Å². The summed E-state index contributed by atoms with van der Waals surface area (Å²) in [6, 6.07) is 11.4. The van der Waals surface area contributed by atoms with E-state index in [-0.39, 0.29) is 24.5 Å². The van der Waals surface area contributed by atoms with E-state index >= 15 is 0 Å². The van der Waals surface area contributed by atoms with Gasteiger partial charge in [-0.15, -0.1) is 5.10 Å². The van der Waals surface area contributed by atoms with E-state index in [9.17, 15) is 23.7 Å². The molecule has 0 saturated carbocycles. The first-order chi connectivity index (χ1) is 21.9. The lowest BCUT2D eigenvalue weighted by Crippen LogP contribution is -2.43. The van der Waals surface area contributed by atoms with Crippen LogP contribution in [0.5, 0.6) is 5.75 Å². The smallest absolute Gasteiger partial charge is 0.467 e. The largest absolute Gasteiger partial charge is 0.524 e. The molecule has 0 unspecified atom stereocenters. The fraction of sp³-hybridized carbons (Fsp3) is 0.400. The molecule has 248 valence electrons. The molecule has 2 amide bonds. The molecule has 0 spiro atoms. The van der Waals surface area contributed by atoms with E-state index in [0.717, 1.165) is 11.1 Å². The number of aryl methyl sites for hydroxylation is 1. The average Bonchev–Trinajstić information content (AvgIpc) is 3.50. The van der Waals surface area contributed by atoms with Crippen LogP contribution in [0.25, 0.3) is 11.3 Å². The van der Waals surface area contributed by atoms with E-state index < -0.39 is 37.8 Å². The zero-order valence-electron chi connectivity index (χ0n) is 25.7. The molecule has 0 bridgehead atoms. The van der Waals surface area contributed by atoms with Crippen molar-refractivity contribution in [3.05, 3.63) is 65.9 Å². The molecule has 3 rings (SSSR count). The maximum absolute atomic E-state index is 12.9. The van der Waals surface area contributed by atoms with Crippen LogP contribution in [-0.4, -0.2) is 75.3 Å². The number of nitrogens with one attached hydrogen (secondary N) is 2. The summed E-state index contributed by atoms with van der Waals surface area (Å²) in [6.45, 7) is 1.94. The number of carbonyl (C=O) groups excluding carboxylic acids is 4. The number of amides is 2. The Bertz CT molecular complexity index is 1540. The van der Waals surface area contributed by atoms with Gasteiger partial charge in [-0.1, -0.05) is 41.6 Å². The molecule has 0 aliphatic rings. The molecule has 15 nitrogen and oxygen atoms in total. The van der Waals surface area contributed by atoms with Crippen molar-refractivity contribution in [1.29, 1.82) is 0 Å². The standard InChI is InChI=1S/C30H38N5O10P/c1-20(36)31-17-7-6-10-27(30(39)44-3)35-19-26(33-34-35)24-9-5-4-8-22(24)13-16-28(37)32-25(29(38)43-2)18-21-11-14-23(15-12-21)45-46(40,41)42/h4-5,8-9,11-12,14-15,19,25,27H,6-7,10,13,16-18H2,1-3H3,(H,31,36)(H,32,37)(H2,40,41,42)/t25-,27-/m0/s1. The summed E-state index contributed by atoms with van der Waals surface area (Å²) in [5.41, 5.74) is 2.62. The molecule has 1 aromatic heterocycles. The molecule has 2 aromatic carbocycles. The van der Waals surface area contributed by atoms with Gasteiger partial charge < -0.3 is 24.6 Å². The number of aromatic nitrogens is 3. The Morgan fingerprint density at radius 1 is 0.978 bits per heavy atom. The number of nitrogens with zero attached hydrogens (tertiary/aromatic N) is 3. The Balaban J connectivity index is 1.65. The molecule has 46 heavy (non-hydrogen) atoms. The van der Waals surface area contributed by atoms with Gasteiger partial charge in [0.05, 0.1) is 20.4 Å². The number of hydrogen-bond donors (Lipinski definition) is 4. The van der Waals surface area contributed by atoms with Crippen LogP contribution in [0.15, 0.2) is 54.7 Å². The zero-order valence-corrected chi connectivity index (χ0v) is 26.6. The van der Waals surface area contributed by atoms with Gasteiger partial charge in [0, 0.05) is 31.9 Å². The lowest BCUT2D eigenvalue weighted by atomic mass is 10.00. The van der Waals surface area contributed by atoms with Gasteiger partial charge >= 0.3 is 19.8 Å². The van der Waals surface area contributed by atoms with Crippen molar-refractivity contribution in [2.75, 3.05) is 20.8 Å². The van der Waals surface area contributed by atoms with Crippen LogP contribution in [0.3, 0.4) is 0 Å². The minimum absolute atomic E-state index is 0.0345. The Morgan fingerprint density at radius 3 is 2.33 bits per heavy atom. The van der Waals surface area contributed by atoms with E-state index in [1.165, 1.54) is 50.1 Å². The SMILES string of the molecule is COC(=O)[C@H](Cc1ccc(OP(=O)(O)O)cc1)NC(=O)CCc1ccccc1-c1cn([C@@H](CCCCNC(C)=O)C(=O)OC)nn1. The van der Waals surface area contributed by atoms with Gasteiger partial charge in [-0.3, -0.25) is 19.4 Å². The first-order valence-corrected chi connectivity index (χ1v) is 16.0. The fourth-order valence-electron chi connectivity index (χ4n) is 4.67. The quantitative estimate of drug-likeness (QED) is 0.0935. The third-order valence-electron chi connectivity index (χ3n) is 6.90. The van der Waals surface area contributed by atoms with Crippen LogP contribution < -0.4 is 15.2 Å². The number of hydrogen-bond acceptors (Lipinski definition) is 10. The van der Waals surface area contributed by atoms with Crippen molar-refractivity contribution >= 4 is 31.6 Å². The van der Waals surface area contributed by atoms with Crippen molar-refractivity contribution < 1.29 is 47.5 Å². The molecule has 3 aromatic rings. The molecular formula is C30H38N5O10P. The highest BCUT2D eigenvalue weighted by Gasteiger charge is 2.25. The Labute approximate surface area is 265 Å². The lowest BCUT2D eigenvalue weighted by Gasteiger charge is -2.17. The highest BCUT2D eigenvalue weighted by Crippen LogP contribution is 2.37. The number of unbranched alkanes of at least 4 members (excludes halogenated alkanes) is 1. The van der Waals surface area contributed by atoms with E-state index in [1.807, 2.05) is 24.3 Å². The zero-order chi connectivity index (χ0) is 33.7. The van der Waals surface area contributed by atoms with E-state index in [2.05, 4.69) is 25.5 Å². The van der Waals surface area contributed by atoms with Gasteiger partial charge in [0.25, 0.3) is 0 Å². The normalized spacial score (nSPS) is 12.5. The maximum atomic E-state index is 12.9. The number of rotatable bonds is 17. The van der Waals surface area contributed by atoms with Crippen molar-refractivity contribution in [1.82, 2.24) is 25.6 Å². The second-order valence-electron chi connectivity index (χ2n) is 10.3. The van der Waals surface area contributed by atoms with E-state index in [4.69, 9.17) is 19.3 Å². The number of phosphoric acid groups is 1. The van der Waals surface area contributed by atoms with Gasteiger partial charge in [0.15, 0.2) is 6.04 Å². The molecule has 0 aliphatic heterocycles. The summed E-state index contributed by atoms with van der Waals surface area (Å²) in [7, 11) is -2.20. The molecule has 0 aliphatic carbocycles. The number of ether oxygens (including phenoxy) is 2. The summed E-state index contributed by atoms with van der Waals surface area (Å²) in [5.74, 6) is -1.69. The molecule has 1 heterocycles. The average molecular weight is 660 g/mol. The lowest BCUT2D eigenvalue weighted by molar-refractivity contribution is -0.145. The maximum Gasteiger partial charge on any atom is 0.524 e. The summed E-state index contributed by atoms with van der Waals surface area (Å²) in [6.07, 6.45) is 3.82. The summed E-state index contributed by atoms with van der Waals surface area (Å²) < 4.78 is 26.9. The topological polar surface area (TPSA) is 208 Å². The molecule has 2 atom stereocenters. The van der Waals surface area contributed by atoms with E-state index in [0.29, 0.717) is 43.5 Å². The molecule has 0 fully saturated rings. The van der Waals surface area contributed by atoms with Crippen LogP contribution in [0.4, 0.5) is 0 Å². The monoisotopic (exact) mass is 659 g/mol. The molecule has 4 N–H and O–H groups in total. The highest BCUT2D eigenvalue weighted by atomic mass is 31.2. The Kier molecular flexibility index (Phi) is 13.4. The second-order valence-corrected chi connectivity index (χ2v) is 11.5. The third kappa shape index (κ3) is 11.4. The minimum atomic E-state index is -4.71. The van der Waals surface area contributed by atoms with Crippen molar-refractivity contribution in [3.63, 3.8) is 0 Å². The number of methoxy groups -OCH3 is 2. The van der Waals surface area contributed by atoms with E-state index in [1.54, 1.807) is 6.20 Å². The first kappa shape index (κ1) is 35.9. The van der Waals surface area contributed by atoms with Crippen LogP contribution in [0.2, 0.25) is 0 Å². The first-order valence-electron chi connectivity index (χ1n) is 14.4. The third-order valence-corrected chi connectivity index (χ3v) is 7.35. The molecule has 0 radical (unpaired) electrons. The van der Waals surface area contributed by atoms with Crippen LogP contribution in [-0.2, 0) is 46.1 Å². The summed E-state index contributed by atoms with van der Waals surface area (Å²) in [5, 5.41) is 13.9. The van der Waals surface area contributed by atoms with Crippen LogP contribution in [0, 0.1) is 0 Å². The van der Waals surface area contributed by atoms with Crippen LogP contribution >= 0.6 is 7.82 Å². The highest BCUT2D eigenvalue weighted by molar-refractivity contribution is 7.46. The minimum Gasteiger partial charge on any atom is -0.467 e. The fourth-order valence-corrected chi connectivity index (χ4v) is 5.07. The van der Waals surface area contributed by atoms with Crippen LogP contribution in [0.1, 0.15) is 49.8 Å². The number of carbonyl (C=O) groups is 4. The van der Waals surface area contributed by atoms with Gasteiger partial charge in [0.2, 0.25) is 11.8 Å². The van der Waals surface area contributed by atoms with Gasteiger partial charge in [-0.05, 0) is 48.9 Å². The molecule has 0 saturated heterocycles. The number of esters is 2. The second kappa shape index (κ2) is 17.2. The van der Waals surface area contributed by atoms with Crippen molar-refractivity contribution in [3.8, 4) is 17.0 Å². The predicted octanol–water partition coefficient (Wildman–Crippen LogP) is 2.27. The Hall–Kier alpha value is -4.59. The van der Waals surface area contributed by atoms with Gasteiger partial charge in [0.1, 0.15) is 17.5 Å². The van der Waals surface area contributed by atoms with Crippen molar-refractivity contribution in [2.24, 2.45) is 0 Å². The number of phosphoric ester groups is 1. The summed E-state index contributed by atoms with van der Waals surface area (Å²) in [4.78, 5) is 66.9. The molecule has 16 heteroatoms. The summed E-state index contributed by atoms with van der Waals surface area (Å²) >= 11 is 0. The number of benzene rings is 2. The van der Waals surface area contributed by atoms with Gasteiger partial charge in [-0.2, -0.15) is 0 Å². The van der Waals surface area contributed by atoms with Gasteiger partial charge in [-0.25, -0.2) is 18.8 Å². The molecular weight excluding hydrogens is 621 g/mol. The Morgan fingerprint density at radius 2 is 1.67 bits per heavy atom. The predicted molar refractivity (Wildman–Crippen MR) is 164 cm³/mol.